The lowest BCUT2D eigenvalue weighted by atomic mass is 10.3. The van der Waals surface area contributed by atoms with Crippen LogP contribution in [0.3, 0.4) is 0 Å². The molecule has 2 rings (SSSR count). The van der Waals surface area contributed by atoms with Gasteiger partial charge in [0.2, 0.25) is 0 Å². The van der Waals surface area contributed by atoms with Gasteiger partial charge in [0.05, 0.1) is 11.8 Å². The van der Waals surface area contributed by atoms with Crippen LogP contribution in [-0.4, -0.2) is 19.2 Å². The minimum Gasteiger partial charge on any atom is -0.491 e. The zero-order chi connectivity index (χ0) is 15.1. The number of ether oxygens (including phenoxy) is 1. The van der Waals surface area contributed by atoms with Crippen molar-refractivity contribution in [2.75, 3.05) is 23.7 Å². The summed E-state index contributed by atoms with van der Waals surface area (Å²) in [4.78, 5) is 0. The molecule has 0 amide bonds. The van der Waals surface area contributed by atoms with Gasteiger partial charge in [0.25, 0.3) is 0 Å². The van der Waals surface area contributed by atoms with Crippen LogP contribution in [0.15, 0.2) is 48.5 Å². The molecule has 0 spiro atoms. The first-order valence-corrected chi connectivity index (χ1v) is 7.14. The van der Waals surface area contributed by atoms with Crippen LogP contribution in [-0.2, 0) is 0 Å². The predicted octanol–water partition coefficient (Wildman–Crippen LogP) is 4.14. The Bertz CT molecular complexity index is 572. The van der Waals surface area contributed by atoms with E-state index in [1.807, 2.05) is 44.2 Å². The molecule has 21 heavy (non-hydrogen) atoms. The highest BCUT2D eigenvalue weighted by Crippen LogP contribution is 2.18. The summed E-state index contributed by atoms with van der Waals surface area (Å²) in [5.41, 5.74) is 1.51. The first-order valence-electron chi connectivity index (χ1n) is 7.14. The molecular weight excluding hydrogens is 267 g/mol. The quantitative estimate of drug-likeness (QED) is 0.751. The lowest BCUT2D eigenvalue weighted by Crippen LogP contribution is -2.14. The van der Waals surface area contributed by atoms with E-state index in [9.17, 15) is 4.39 Å². The first kappa shape index (κ1) is 15.2. The molecule has 2 aromatic carbocycles. The molecule has 0 heterocycles. The standard InChI is InChI=1S/C17H21FN2O/c1-13(2)21-15-7-5-6-14(12-15)19-10-11-20-17-9-4-3-8-16(17)18/h3-9,12-13,19-20H,10-11H2,1-2H3. The Morgan fingerprint density at radius 3 is 2.52 bits per heavy atom. The largest absolute Gasteiger partial charge is 0.491 e. The molecule has 0 saturated carbocycles. The first-order chi connectivity index (χ1) is 10.1. The fourth-order valence-corrected chi connectivity index (χ4v) is 1.96. The van der Waals surface area contributed by atoms with E-state index in [0.29, 0.717) is 18.8 Å². The monoisotopic (exact) mass is 288 g/mol. The van der Waals surface area contributed by atoms with Crippen molar-refractivity contribution >= 4 is 11.4 Å². The van der Waals surface area contributed by atoms with Crippen LogP contribution >= 0.6 is 0 Å². The van der Waals surface area contributed by atoms with E-state index >= 15 is 0 Å². The maximum atomic E-state index is 13.4. The zero-order valence-electron chi connectivity index (χ0n) is 12.4. The molecule has 3 nitrogen and oxygen atoms in total. The van der Waals surface area contributed by atoms with E-state index in [1.54, 1.807) is 12.1 Å². The van der Waals surface area contributed by atoms with Crippen molar-refractivity contribution in [1.29, 1.82) is 0 Å². The number of nitrogens with one attached hydrogen (secondary N) is 2. The fourth-order valence-electron chi connectivity index (χ4n) is 1.96. The van der Waals surface area contributed by atoms with Crippen LogP contribution in [0.2, 0.25) is 0 Å². The van der Waals surface area contributed by atoms with Gasteiger partial charge in [-0.1, -0.05) is 18.2 Å². The van der Waals surface area contributed by atoms with Crippen LogP contribution in [0.5, 0.6) is 5.75 Å². The highest BCUT2D eigenvalue weighted by Gasteiger charge is 2.00. The average Bonchev–Trinajstić information content (AvgIpc) is 2.45. The Balaban J connectivity index is 1.80. The third-order valence-electron chi connectivity index (χ3n) is 2.85. The summed E-state index contributed by atoms with van der Waals surface area (Å²) in [6, 6.07) is 14.5. The zero-order valence-corrected chi connectivity index (χ0v) is 12.4. The summed E-state index contributed by atoms with van der Waals surface area (Å²) in [5, 5.41) is 6.34. The van der Waals surface area contributed by atoms with Crippen LogP contribution in [0.25, 0.3) is 0 Å². The van der Waals surface area contributed by atoms with Gasteiger partial charge in [-0.15, -0.1) is 0 Å². The van der Waals surface area contributed by atoms with Crippen molar-refractivity contribution in [3.63, 3.8) is 0 Å². The highest BCUT2D eigenvalue weighted by molar-refractivity contribution is 5.49. The number of benzene rings is 2. The highest BCUT2D eigenvalue weighted by atomic mass is 19.1. The lowest BCUT2D eigenvalue weighted by Gasteiger charge is -2.12. The minimum absolute atomic E-state index is 0.156. The third kappa shape index (κ3) is 4.99. The third-order valence-corrected chi connectivity index (χ3v) is 2.85. The molecule has 0 aliphatic heterocycles. The summed E-state index contributed by atoms with van der Waals surface area (Å²) >= 11 is 0. The number of hydrogen-bond acceptors (Lipinski definition) is 3. The Labute approximate surface area is 125 Å². The molecule has 0 atom stereocenters. The molecule has 0 radical (unpaired) electrons. The van der Waals surface area contributed by atoms with Gasteiger partial charge in [-0.05, 0) is 38.1 Å². The average molecular weight is 288 g/mol. The van der Waals surface area contributed by atoms with Gasteiger partial charge in [0, 0.05) is 24.8 Å². The van der Waals surface area contributed by atoms with E-state index in [1.165, 1.54) is 6.07 Å². The molecule has 0 aliphatic rings. The summed E-state index contributed by atoms with van der Waals surface area (Å²) in [6.45, 7) is 5.33. The van der Waals surface area contributed by atoms with Gasteiger partial charge in [-0.25, -0.2) is 4.39 Å². The maximum absolute atomic E-state index is 13.4. The number of hydrogen-bond donors (Lipinski definition) is 2. The molecule has 0 saturated heterocycles. The molecule has 0 aliphatic carbocycles. The molecule has 112 valence electrons. The summed E-state index contributed by atoms with van der Waals surface area (Å²) < 4.78 is 19.1. The smallest absolute Gasteiger partial charge is 0.146 e. The minimum atomic E-state index is -0.232. The molecule has 2 aromatic rings. The van der Waals surface area contributed by atoms with Gasteiger partial charge in [-0.2, -0.15) is 0 Å². The van der Waals surface area contributed by atoms with Crippen molar-refractivity contribution in [3.05, 3.63) is 54.3 Å². The summed E-state index contributed by atoms with van der Waals surface area (Å²) in [7, 11) is 0. The SMILES string of the molecule is CC(C)Oc1cccc(NCCNc2ccccc2F)c1. The summed E-state index contributed by atoms with van der Waals surface area (Å²) in [6.07, 6.45) is 0.156. The fraction of sp³-hybridized carbons (Fsp3) is 0.294. The van der Waals surface area contributed by atoms with E-state index in [4.69, 9.17) is 4.74 Å². The number of rotatable bonds is 7. The Kier molecular flexibility index (Phi) is 5.43. The molecule has 0 aromatic heterocycles. The normalized spacial score (nSPS) is 10.5. The van der Waals surface area contributed by atoms with Crippen molar-refractivity contribution in [1.82, 2.24) is 0 Å². The molecule has 0 fully saturated rings. The van der Waals surface area contributed by atoms with Gasteiger partial charge >= 0.3 is 0 Å². The van der Waals surface area contributed by atoms with E-state index in [0.717, 1.165) is 11.4 Å². The Hall–Kier alpha value is -2.23. The second-order valence-corrected chi connectivity index (χ2v) is 5.03. The van der Waals surface area contributed by atoms with Gasteiger partial charge in [-0.3, -0.25) is 0 Å². The second-order valence-electron chi connectivity index (χ2n) is 5.03. The summed E-state index contributed by atoms with van der Waals surface area (Å²) in [5.74, 6) is 0.613. The number of para-hydroxylation sites is 1. The lowest BCUT2D eigenvalue weighted by molar-refractivity contribution is 0.242. The van der Waals surface area contributed by atoms with E-state index < -0.39 is 0 Å². The van der Waals surface area contributed by atoms with Crippen LogP contribution < -0.4 is 15.4 Å². The van der Waals surface area contributed by atoms with Crippen molar-refractivity contribution < 1.29 is 9.13 Å². The van der Waals surface area contributed by atoms with Crippen LogP contribution in [0, 0.1) is 5.82 Å². The Morgan fingerprint density at radius 2 is 1.76 bits per heavy atom. The molecule has 2 N–H and O–H groups in total. The second kappa shape index (κ2) is 7.53. The predicted molar refractivity (Wildman–Crippen MR) is 85.6 cm³/mol. The Morgan fingerprint density at radius 1 is 1.00 bits per heavy atom. The van der Waals surface area contributed by atoms with E-state index in [-0.39, 0.29) is 11.9 Å². The van der Waals surface area contributed by atoms with Gasteiger partial charge in [0.1, 0.15) is 11.6 Å². The molecule has 0 bridgehead atoms. The van der Waals surface area contributed by atoms with Gasteiger partial charge < -0.3 is 15.4 Å². The number of anilines is 2. The van der Waals surface area contributed by atoms with Gasteiger partial charge in [0.15, 0.2) is 0 Å². The van der Waals surface area contributed by atoms with Crippen LogP contribution in [0.1, 0.15) is 13.8 Å². The van der Waals surface area contributed by atoms with Crippen molar-refractivity contribution in [2.45, 2.75) is 20.0 Å². The topological polar surface area (TPSA) is 33.3 Å². The number of halogens is 1. The van der Waals surface area contributed by atoms with Crippen LogP contribution in [0.4, 0.5) is 15.8 Å². The molecule has 4 heteroatoms. The van der Waals surface area contributed by atoms with Crippen molar-refractivity contribution in [2.24, 2.45) is 0 Å². The molecule has 0 unspecified atom stereocenters. The van der Waals surface area contributed by atoms with Crippen molar-refractivity contribution in [3.8, 4) is 5.75 Å². The molecular formula is C17H21FN2O. The maximum Gasteiger partial charge on any atom is 0.146 e. The van der Waals surface area contributed by atoms with E-state index in [2.05, 4.69) is 10.6 Å².